The Balaban J connectivity index is 2.96. The van der Waals surface area contributed by atoms with E-state index in [-0.39, 0.29) is 0 Å². The highest BCUT2D eigenvalue weighted by atomic mass is 79.9. The first-order valence-electron chi connectivity index (χ1n) is 4.38. The number of halogens is 1. The van der Waals surface area contributed by atoms with Crippen LogP contribution in [-0.2, 0) is 0 Å². The minimum absolute atomic E-state index is 0.478. The predicted octanol–water partition coefficient (Wildman–Crippen LogP) is 3.19. The van der Waals surface area contributed by atoms with E-state index in [1.54, 1.807) is 0 Å². The lowest BCUT2D eigenvalue weighted by atomic mass is 10.1. The van der Waals surface area contributed by atoms with E-state index in [4.69, 9.17) is 5.26 Å². The monoisotopic (exact) mass is 252 g/mol. The van der Waals surface area contributed by atoms with Crippen molar-refractivity contribution in [1.29, 1.82) is 5.26 Å². The fourth-order valence-electron chi connectivity index (χ4n) is 1.06. The molecule has 0 saturated carbocycles. The van der Waals surface area contributed by atoms with Gasteiger partial charge in [-0.05, 0) is 38.1 Å². The zero-order valence-electron chi connectivity index (χ0n) is 8.58. The van der Waals surface area contributed by atoms with Crippen molar-refractivity contribution in [2.45, 2.75) is 19.4 Å². The number of hydrogen-bond donors (Lipinski definition) is 0. The molecule has 74 valence electrons. The van der Waals surface area contributed by atoms with Crippen LogP contribution in [0.5, 0.6) is 0 Å². The van der Waals surface area contributed by atoms with Crippen molar-refractivity contribution < 1.29 is 0 Å². The van der Waals surface area contributed by atoms with Gasteiger partial charge in [-0.2, -0.15) is 5.26 Å². The maximum atomic E-state index is 8.98. The minimum Gasteiger partial charge on any atom is -0.357 e. The van der Waals surface area contributed by atoms with Gasteiger partial charge >= 0.3 is 0 Å². The molecule has 1 aromatic carbocycles. The smallest absolute Gasteiger partial charge is 0.121 e. The fourth-order valence-corrected chi connectivity index (χ4v) is 1.33. The second-order valence-corrected chi connectivity index (χ2v) is 4.62. The van der Waals surface area contributed by atoms with Crippen LogP contribution in [-0.4, -0.2) is 12.6 Å². The average molecular weight is 253 g/mol. The van der Waals surface area contributed by atoms with Gasteiger partial charge in [-0.25, -0.2) is 0 Å². The summed E-state index contributed by atoms with van der Waals surface area (Å²) in [4.78, 5) is 1.96. The van der Waals surface area contributed by atoms with Crippen molar-refractivity contribution in [2.24, 2.45) is 0 Å². The van der Waals surface area contributed by atoms with E-state index in [0.29, 0.717) is 0 Å². The first-order valence-corrected chi connectivity index (χ1v) is 5.17. The van der Waals surface area contributed by atoms with Crippen LogP contribution in [0.3, 0.4) is 0 Å². The molecular weight excluding hydrogens is 240 g/mol. The highest BCUT2D eigenvalue weighted by molar-refractivity contribution is 9.10. The van der Waals surface area contributed by atoms with Crippen molar-refractivity contribution in [3.8, 4) is 6.07 Å². The highest BCUT2D eigenvalue weighted by Gasteiger charge is 2.22. The standard InChI is InChI=1S/C11H13BrN2/c1-11(2,8-13)14(3)10-6-4-9(12)5-7-10/h4-7H,1-3H3. The number of benzene rings is 1. The summed E-state index contributed by atoms with van der Waals surface area (Å²) in [5.41, 5.74) is 0.563. The molecule has 0 aliphatic carbocycles. The first-order chi connectivity index (χ1) is 6.47. The second-order valence-electron chi connectivity index (χ2n) is 3.71. The molecule has 1 aromatic rings. The summed E-state index contributed by atoms with van der Waals surface area (Å²) in [6.07, 6.45) is 0. The molecule has 0 amide bonds. The Labute approximate surface area is 93.3 Å². The Morgan fingerprint density at radius 3 is 2.21 bits per heavy atom. The van der Waals surface area contributed by atoms with E-state index in [0.717, 1.165) is 10.2 Å². The van der Waals surface area contributed by atoms with E-state index in [9.17, 15) is 0 Å². The molecule has 0 aromatic heterocycles. The molecule has 0 heterocycles. The van der Waals surface area contributed by atoms with E-state index >= 15 is 0 Å². The van der Waals surface area contributed by atoms with Gasteiger partial charge in [-0.1, -0.05) is 15.9 Å². The summed E-state index contributed by atoms with van der Waals surface area (Å²) >= 11 is 3.38. The van der Waals surface area contributed by atoms with Crippen LogP contribution >= 0.6 is 15.9 Å². The molecule has 0 aliphatic rings. The number of anilines is 1. The maximum absolute atomic E-state index is 8.98. The van der Waals surface area contributed by atoms with Gasteiger partial charge in [0.05, 0.1) is 6.07 Å². The van der Waals surface area contributed by atoms with Crippen molar-refractivity contribution >= 4 is 21.6 Å². The van der Waals surface area contributed by atoms with Crippen molar-refractivity contribution in [3.63, 3.8) is 0 Å². The normalized spacial score (nSPS) is 10.8. The summed E-state index contributed by atoms with van der Waals surface area (Å²) in [5.74, 6) is 0. The fraction of sp³-hybridized carbons (Fsp3) is 0.364. The van der Waals surface area contributed by atoms with Gasteiger partial charge in [0.1, 0.15) is 5.54 Å². The molecule has 2 nitrogen and oxygen atoms in total. The average Bonchev–Trinajstić information content (AvgIpc) is 2.18. The van der Waals surface area contributed by atoms with Crippen LogP contribution < -0.4 is 4.90 Å². The molecule has 0 atom stereocenters. The summed E-state index contributed by atoms with van der Waals surface area (Å²) in [6, 6.07) is 10.2. The molecular formula is C11H13BrN2. The molecule has 14 heavy (non-hydrogen) atoms. The van der Waals surface area contributed by atoms with E-state index in [2.05, 4.69) is 22.0 Å². The van der Waals surface area contributed by atoms with Crippen LogP contribution in [0.25, 0.3) is 0 Å². The van der Waals surface area contributed by atoms with Crippen LogP contribution in [0.2, 0.25) is 0 Å². The molecule has 0 aliphatic heterocycles. The van der Waals surface area contributed by atoms with E-state index in [1.807, 2.05) is 50.1 Å². The van der Waals surface area contributed by atoms with Crippen LogP contribution in [0.15, 0.2) is 28.7 Å². The van der Waals surface area contributed by atoms with E-state index in [1.165, 1.54) is 0 Å². The minimum atomic E-state index is -0.478. The Hall–Kier alpha value is -1.01. The van der Waals surface area contributed by atoms with Gasteiger partial charge in [0.25, 0.3) is 0 Å². The number of hydrogen-bond acceptors (Lipinski definition) is 2. The third-order valence-electron chi connectivity index (χ3n) is 2.33. The zero-order chi connectivity index (χ0) is 10.8. The molecule has 0 N–H and O–H groups in total. The lowest BCUT2D eigenvalue weighted by Gasteiger charge is -2.31. The Morgan fingerprint density at radius 2 is 1.79 bits per heavy atom. The van der Waals surface area contributed by atoms with Crippen LogP contribution in [0.1, 0.15) is 13.8 Å². The molecule has 0 fully saturated rings. The van der Waals surface area contributed by atoms with Crippen LogP contribution in [0.4, 0.5) is 5.69 Å². The highest BCUT2D eigenvalue weighted by Crippen LogP contribution is 2.23. The van der Waals surface area contributed by atoms with Gasteiger partial charge in [0.2, 0.25) is 0 Å². The Kier molecular flexibility index (Phi) is 3.17. The van der Waals surface area contributed by atoms with Gasteiger partial charge in [0, 0.05) is 17.2 Å². The Morgan fingerprint density at radius 1 is 1.29 bits per heavy atom. The molecule has 0 bridgehead atoms. The number of nitriles is 1. The van der Waals surface area contributed by atoms with Gasteiger partial charge in [0.15, 0.2) is 0 Å². The third kappa shape index (κ3) is 2.27. The molecule has 1 rings (SSSR count). The lowest BCUT2D eigenvalue weighted by molar-refractivity contribution is 0.617. The molecule has 0 radical (unpaired) electrons. The topological polar surface area (TPSA) is 27.0 Å². The predicted molar refractivity (Wildman–Crippen MR) is 62.2 cm³/mol. The van der Waals surface area contributed by atoms with Gasteiger partial charge < -0.3 is 4.90 Å². The summed E-state index contributed by atoms with van der Waals surface area (Å²) in [7, 11) is 1.92. The number of nitrogens with zero attached hydrogens (tertiary/aromatic N) is 2. The van der Waals surface area contributed by atoms with Crippen molar-refractivity contribution in [1.82, 2.24) is 0 Å². The first kappa shape index (κ1) is 11.1. The molecule has 0 unspecified atom stereocenters. The van der Waals surface area contributed by atoms with Crippen molar-refractivity contribution in [3.05, 3.63) is 28.7 Å². The van der Waals surface area contributed by atoms with Gasteiger partial charge in [-0.15, -0.1) is 0 Å². The number of rotatable bonds is 2. The Bertz CT molecular complexity index is 349. The largest absolute Gasteiger partial charge is 0.357 e. The molecule has 3 heteroatoms. The summed E-state index contributed by atoms with van der Waals surface area (Å²) < 4.78 is 1.05. The van der Waals surface area contributed by atoms with Crippen molar-refractivity contribution in [2.75, 3.05) is 11.9 Å². The zero-order valence-corrected chi connectivity index (χ0v) is 10.2. The molecule has 0 spiro atoms. The lowest BCUT2D eigenvalue weighted by Crippen LogP contribution is -2.39. The second kappa shape index (κ2) is 4.02. The van der Waals surface area contributed by atoms with Gasteiger partial charge in [-0.3, -0.25) is 0 Å². The van der Waals surface area contributed by atoms with E-state index < -0.39 is 5.54 Å². The molecule has 0 saturated heterocycles. The quantitative estimate of drug-likeness (QED) is 0.809. The third-order valence-corrected chi connectivity index (χ3v) is 2.85. The van der Waals surface area contributed by atoms with Crippen LogP contribution in [0, 0.1) is 11.3 Å². The summed E-state index contributed by atoms with van der Waals surface area (Å²) in [5, 5.41) is 8.98. The SMILES string of the molecule is CN(c1ccc(Br)cc1)C(C)(C)C#N. The summed E-state index contributed by atoms with van der Waals surface area (Å²) in [6.45, 7) is 3.80. The maximum Gasteiger partial charge on any atom is 0.121 e.